The molecule has 2 N–H and O–H groups in total. The molecule has 3 aromatic rings. The van der Waals surface area contributed by atoms with Crippen LogP contribution >= 0.6 is 0 Å². The van der Waals surface area contributed by atoms with Crippen LogP contribution in [0.2, 0.25) is 0 Å². The minimum absolute atomic E-state index is 0.345. The lowest BCUT2D eigenvalue weighted by Crippen LogP contribution is -2.26. The molecule has 0 unspecified atom stereocenters. The standard InChI is InChI=1S/C19H21FN6O2/c20-12-28-14-7-5-13(6-8-14)22-17-16-15(11-21-25-18(16)27)23-19(24-17)26-9-3-1-2-4-10-26/h5-8,11H,1-4,9-10,12H2,(H,25,27)(H,22,23,24). The quantitative estimate of drug-likeness (QED) is 0.698. The van der Waals surface area contributed by atoms with Crippen molar-refractivity contribution >= 4 is 28.4 Å². The molecule has 1 aliphatic rings. The molecule has 0 atom stereocenters. The van der Waals surface area contributed by atoms with E-state index in [1.807, 2.05) is 0 Å². The molecule has 4 rings (SSSR count). The van der Waals surface area contributed by atoms with Crippen LogP contribution in [-0.4, -0.2) is 40.1 Å². The zero-order chi connectivity index (χ0) is 19.3. The second-order valence-corrected chi connectivity index (χ2v) is 6.64. The molecule has 1 aromatic carbocycles. The summed E-state index contributed by atoms with van der Waals surface area (Å²) in [7, 11) is 0. The molecule has 8 nitrogen and oxygen atoms in total. The van der Waals surface area contributed by atoms with Crippen LogP contribution in [0.1, 0.15) is 25.7 Å². The second kappa shape index (κ2) is 8.20. The maximum atomic E-state index is 12.4. The topological polar surface area (TPSA) is 96.0 Å². The highest BCUT2D eigenvalue weighted by molar-refractivity contribution is 5.90. The van der Waals surface area contributed by atoms with Gasteiger partial charge in [0.15, 0.2) is 0 Å². The number of ether oxygens (including phenoxy) is 1. The van der Waals surface area contributed by atoms with E-state index in [4.69, 9.17) is 4.74 Å². The Labute approximate surface area is 160 Å². The molecule has 3 heterocycles. The number of aromatic nitrogens is 4. The highest BCUT2D eigenvalue weighted by Crippen LogP contribution is 2.26. The zero-order valence-corrected chi connectivity index (χ0v) is 15.3. The fraction of sp³-hybridized carbons (Fsp3) is 0.368. The lowest BCUT2D eigenvalue weighted by atomic mass is 10.2. The van der Waals surface area contributed by atoms with Gasteiger partial charge in [-0.15, -0.1) is 0 Å². The first-order valence-electron chi connectivity index (χ1n) is 9.31. The van der Waals surface area contributed by atoms with Gasteiger partial charge in [0.2, 0.25) is 12.8 Å². The summed E-state index contributed by atoms with van der Waals surface area (Å²) >= 11 is 0. The highest BCUT2D eigenvalue weighted by atomic mass is 19.1. The molecule has 0 saturated carbocycles. The number of hydrogen-bond acceptors (Lipinski definition) is 7. The molecule has 1 saturated heterocycles. The summed E-state index contributed by atoms with van der Waals surface area (Å²) in [5.74, 6) is 1.42. The predicted molar refractivity (Wildman–Crippen MR) is 105 cm³/mol. The first-order valence-corrected chi connectivity index (χ1v) is 9.31. The molecule has 0 spiro atoms. The third-order valence-corrected chi connectivity index (χ3v) is 4.73. The van der Waals surface area contributed by atoms with Gasteiger partial charge < -0.3 is 15.0 Å². The van der Waals surface area contributed by atoms with Crippen molar-refractivity contribution in [1.82, 2.24) is 20.2 Å². The van der Waals surface area contributed by atoms with Crippen molar-refractivity contribution in [2.75, 3.05) is 30.2 Å². The van der Waals surface area contributed by atoms with E-state index >= 15 is 0 Å². The monoisotopic (exact) mass is 384 g/mol. The number of anilines is 3. The predicted octanol–water partition coefficient (Wildman–Crippen LogP) is 3.14. The average Bonchev–Trinajstić information content (AvgIpc) is 2.99. The zero-order valence-electron chi connectivity index (χ0n) is 15.3. The highest BCUT2D eigenvalue weighted by Gasteiger charge is 2.17. The Balaban J connectivity index is 1.73. The Bertz CT molecular complexity index is 999. The van der Waals surface area contributed by atoms with Crippen molar-refractivity contribution < 1.29 is 9.13 Å². The van der Waals surface area contributed by atoms with Crippen molar-refractivity contribution in [2.24, 2.45) is 0 Å². The Morgan fingerprint density at radius 1 is 1.11 bits per heavy atom. The van der Waals surface area contributed by atoms with Crippen molar-refractivity contribution in [1.29, 1.82) is 0 Å². The van der Waals surface area contributed by atoms with Crippen molar-refractivity contribution in [3.8, 4) is 5.75 Å². The van der Waals surface area contributed by atoms with Crippen LogP contribution in [0, 0.1) is 0 Å². The van der Waals surface area contributed by atoms with Gasteiger partial charge in [-0.3, -0.25) is 4.79 Å². The summed E-state index contributed by atoms with van der Waals surface area (Å²) in [5.41, 5.74) is 0.821. The molecule has 0 amide bonds. The number of nitrogens with one attached hydrogen (secondary N) is 2. The molecule has 2 aromatic heterocycles. The number of fused-ring (bicyclic) bond motifs is 1. The number of hydrogen-bond donors (Lipinski definition) is 2. The molecule has 1 fully saturated rings. The lowest BCUT2D eigenvalue weighted by molar-refractivity contribution is 0.192. The van der Waals surface area contributed by atoms with Crippen LogP contribution in [0.3, 0.4) is 0 Å². The van der Waals surface area contributed by atoms with E-state index in [2.05, 4.69) is 30.4 Å². The summed E-state index contributed by atoms with van der Waals surface area (Å²) in [6, 6.07) is 6.76. The van der Waals surface area contributed by atoms with Gasteiger partial charge in [0.05, 0.1) is 6.20 Å². The molecular weight excluding hydrogens is 363 g/mol. The normalized spacial score (nSPS) is 14.7. The Hall–Kier alpha value is -3.23. The van der Waals surface area contributed by atoms with Gasteiger partial charge in [0, 0.05) is 18.8 Å². The van der Waals surface area contributed by atoms with Gasteiger partial charge in [-0.25, -0.2) is 14.5 Å². The van der Waals surface area contributed by atoms with Crippen LogP contribution in [0.5, 0.6) is 5.75 Å². The summed E-state index contributed by atoms with van der Waals surface area (Å²) in [5, 5.41) is 9.83. The number of rotatable bonds is 5. The van der Waals surface area contributed by atoms with Gasteiger partial charge in [-0.2, -0.15) is 10.1 Å². The number of alkyl halides is 1. The molecule has 9 heteroatoms. The molecule has 1 aliphatic heterocycles. The van der Waals surface area contributed by atoms with Gasteiger partial charge in [0.25, 0.3) is 5.56 Å². The first-order chi connectivity index (χ1) is 13.7. The first kappa shape index (κ1) is 18.1. The molecule has 0 radical (unpaired) electrons. The van der Waals surface area contributed by atoms with Gasteiger partial charge in [0.1, 0.15) is 22.5 Å². The van der Waals surface area contributed by atoms with Crippen LogP contribution in [-0.2, 0) is 0 Å². The number of aromatic amines is 1. The summed E-state index contributed by atoms with van der Waals surface area (Å²) in [6.07, 6.45) is 6.11. The Kier molecular flexibility index (Phi) is 5.31. The van der Waals surface area contributed by atoms with Gasteiger partial charge in [-0.05, 0) is 37.1 Å². The van der Waals surface area contributed by atoms with E-state index in [1.54, 1.807) is 24.3 Å². The maximum absolute atomic E-state index is 12.4. The SMILES string of the molecule is O=c1[nH]ncc2nc(N3CCCCCC3)nc(Nc3ccc(OCF)cc3)c12. The van der Waals surface area contributed by atoms with Crippen LogP contribution < -0.4 is 20.5 Å². The van der Waals surface area contributed by atoms with Crippen molar-refractivity contribution in [2.45, 2.75) is 25.7 Å². The van der Waals surface area contributed by atoms with E-state index in [-0.39, 0.29) is 5.56 Å². The second-order valence-electron chi connectivity index (χ2n) is 6.64. The molecular formula is C19H21FN6O2. The van der Waals surface area contributed by atoms with E-state index < -0.39 is 6.86 Å². The van der Waals surface area contributed by atoms with E-state index in [1.165, 1.54) is 19.0 Å². The lowest BCUT2D eigenvalue weighted by Gasteiger charge is -2.21. The number of benzene rings is 1. The third-order valence-electron chi connectivity index (χ3n) is 4.73. The summed E-state index contributed by atoms with van der Waals surface area (Å²) < 4.78 is 17.1. The summed E-state index contributed by atoms with van der Waals surface area (Å²) in [6.45, 7) is 0.887. The molecule has 146 valence electrons. The average molecular weight is 384 g/mol. The van der Waals surface area contributed by atoms with E-state index in [9.17, 15) is 9.18 Å². The Morgan fingerprint density at radius 3 is 2.57 bits per heavy atom. The smallest absolute Gasteiger partial charge is 0.277 e. The third kappa shape index (κ3) is 3.88. The van der Waals surface area contributed by atoms with Crippen molar-refractivity contribution in [3.05, 3.63) is 40.8 Å². The molecule has 0 aliphatic carbocycles. The minimum Gasteiger partial charge on any atom is -0.463 e. The fourth-order valence-corrected chi connectivity index (χ4v) is 3.33. The van der Waals surface area contributed by atoms with E-state index in [0.717, 1.165) is 25.9 Å². The minimum atomic E-state index is -0.884. The number of H-pyrrole nitrogens is 1. The largest absolute Gasteiger partial charge is 0.463 e. The van der Waals surface area contributed by atoms with Gasteiger partial charge in [-0.1, -0.05) is 12.8 Å². The van der Waals surface area contributed by atoms with E-state index in [0.29, 0.717) is 34.1 Å². The van der Waals surface area contributed by atoms with Crippen LogP contribution in [0.25, 0.3) is 10.9 Å². The Morgan fingerprint density at radius 2 is 1.86 bits per heavy atom. The number of halogens is 1. The molecule has 0 bridgehead atoms. The van der Waals surface area contributed by atoms with Crippen LogP contribution in [0.15, 0.2) is 35.3 Å². The van der Waals surface area contributed by atoms with Gasteiger partial charge >= 0.3 is 0 Å². The molecule has 28 heavy (non-hydrogen) atoms. The fourth-order valence-electron chi connectivity index (χ4n) is 3.33. The maximum Gasteiger partial charge on any atom is 0.277 e. The van der Waals surface area contributed by atoms with Crippen LogP contribution in [0.4, 0.5) is 21.8 Å². The summed E-state index contributed by atoms with van der Waals surface area (Å²) in [4.78, 5) is 23.7. The number of nitrogens with zero attached hydrogens (tertiary/aromatic N) is 4. The van der Waals surface area contributed by atoms with Crippen molar-refractivity contribution in [3.63, 3.8) is 0 Å².